The van der Waals surface area contributed by atoms with Crippen molar-refractivity contribution >= 4 is 21.6 Å². The van der Waals surface area contributed by atoms with Crippen molar-refractivity contribution in [2.45, 2.75) is 20.0 Å². The van der Waals surface area contributed by atoms with E-state index in [1.807, 2.05) is 38.1 Å². The van der Waals surface area contributed by atoms with Crippen LogP contribution in [0.4, 0.5) is 5.69 Å². The number of ether oxygens (including phenoxy) is 2. The number of nitrogens with one attached hydrogen (secondary N) is 1. The quantitative estimate of drug-likeness (QED) is 0.747. The summed E-state index contributed by atoms with van der Waals surface area (Å²) in [7, 11) is 0. The smallest absolute Gasteiger partial charge is 0.0781 e. The first kappa shape index (κ1) is 14.5. The summed E-state index contributed by atoms with van der Waals surface area (Å²) in [5, 5.41) is 3.30. The molecule has 0 saturated carbocycles. The topological polar surface area (TPSA) is 30.5 Å². The van der Waals surface area contributed by atoms with Gasteiger partial charge >= 0.3 is 0 Å². The molecule has 1 rings (SSSR count). The lowest BCUT2D eigenvalue weighted by Crippen LogP contribution is -2.20. The average molecular weight is 302 g/mol. The molecule has 0 aliphatic heterocycles. The summed E-state index contributed by atoms with van der Waals surface area (Å²) in [4.78, 5) is 0. The second kappa shape index (κ2) is 8.50. The third-order valence-corrected chi connectivity index (χ3v) is 2.71. The van der Waals surface area contributed by atoms with Crippen molar-refractivity contribution in [1.82, 2.24) is 0 Å². The van der Waals surface area contributed by atoms with Gasteiger partial charge in [-0.05, 0) is 32.0 Å². The van der Waals surface area contributed by atoms with Crippen LogP contribution in [-0.4, -0.2) is 32.5 Å². The summed E-state index contributed by atoms with van der Waals surface area (Å²) in [5.41, 5.74) is 1.10. The van der Waals surface area contributed by atoms with Gasteiger partial charge < -0.3 is 14.8 Å². The van der Waals surface area contributed by atoms with Crippen LogP contribution in [0, 0.1) is 0 Å². The molecule has 3 nitrogen and oxygen atoms in total. The van der Waals surface area contributed by atoms with Crippen LogP contribution in [0.25, 0.3) is 0 Å². The molecule has 0 spiro atoms. The lowest BCUT2D eigenvalue weighted by Gasteiger charge is -2.13. The largest absolute Gasteiger partial charge is 0.383 e. The minimum absolute atomic E-state index is 0.152. The van der Waals surface area contributed by atoms with Gasteiger partial charge in [-0.15, -0.1) is 0 Å². The second-order valence-electron chi connectivity index (χ2n) is 3.78. The standard InChI is InChI=1S/C13H20BrNO2/c1-3-16-10-11(2)17-8-7-15-13-6-4-5-12(14)9-13/h4-6,9,11,15H,3,7-8,10H2,1-2H3. The van der Waals surface area contributed by atoms with Crippen molar-refractivity contribution in [3.05, 3.63) is 28.7 Å². The van der Waals surface area contributed by atoms with Crippen molar-refractivity contribution < 1.29 is 9.47 Å². The van der Waals surface area contributed by atoms with Crippen molar-refractivity contribution in [1.29, 1.82) is 0 Å². The molecular formula is C13H20BrNO2. The number of halogens is 1. The van der Waals surface area contributed by atoms with E-state index >= 15 is 0 Å². The molecule has 0 saturated heterocycles. The lowest BCUT2D eigenvalue weighted by atomic mass is 10.3. The third-order valence-electron chi connectivity index (χ3n) is 2.21. The molecule has 1 unspecified atom stereocenters. The first-order chi connectivity index (χ1) is 8.22. The molecule has 0 aliphatic carbocycles. The third kappa shape index (κ3) is 6.66. The molecule has 0 amide bonds. The fourth-order valence-electron chi connectivity index (χ4n) is 1.39. The van der Waals surface area contributed by atoms with Gasteiger partial charge in [-0.1, -0.05) is 22.0 Å². The highest BCUT2D eigenvalue weighted by Crippen LogP contribution is 2.15. The van der Waals surface area contributed by atoms with E-state index in [0.717, 1.165) is 23.3 Å². The van der Waals surface area contributed by atoms with Crippen molar-refractivity contribution in [2.75, 3.05) is 31.7 Å². The summed E-state index contributed by atoms with van der Waals surface area (Å²) >= 11 is 3.44. The Morgan fingerprint density at radius 1 is 1.41 bits per heavy atom. The Hall–Kier alpha value is -0.580. The number of benzene rings is 1. The van der Waals surface area contributed by atoms with Gasteiger partial charge in [0.1, 0.15) is 0 Å². The molecule has 0 aromatic heterocycles. The second-order valence-corrected chi connectivity index (χ2v) is 4.69. The highest BCUT2D eigenvalue weighted by molar-refractivity contribution is 9.10. The first-order valence-electron chi connectivity index (χ1n) is 5.91. The zero-order chi connectivity index (χ0) is 12.5. The molecule has 0 heterocycles. The Morgan fingerprint density at radius 3 is 2.94 bits per heavy atom. The Balaban J connectivity index is 2.11. The van der Waals surface area contributed by atoms with E-state index in [4.69, 9.17) is 9.47 Å². The summed E-state index contributed by atoms with van der Waals surface area (Å²) < 4.78 is 11.9. The van der Waals surface area contributed by atoms with Crippen LogP contribution < -0.4 is 5.32 Å². The maximum absolute atomic E-state index is 5.60. The number of hydrogen-bond donors (Lipinski definition) is 1. The number of anilines is 1. The van der Waals surface area contributed by atoms with Crippen molar-refractivity contribution in [3.8, 4) is 0 Å². The highest BCUT2D eigenvalue weighted by atomic mass is 79.9. The molecule has 4 heteroatoms. The molecule has 0 aliphatic rings. The van der Waals surface area contributed by atoms with E-state index < -0.39 is 0 Å². The molecular weight excluding hydrogens is 282 g/mol. The van der Waals surface area contributed by atoms with Gasteiger partial charge in [0.25, 0.3) is 0 Å². The van der Waals surface area contributed by atoms with E-state index in [1.165, 1.54) is 0 Å². The lowest BCUT2D eigenvalue weighted by molar-refractivity contribution is 0.000870. The summed E-state index contributed by atoms with van der Waals surface area (Å²) in [6.45, 7) is 6.89. The monoisotopic (exact) mass is 301 g/mol. The molecule has 0 radical (unpaired) electrons. The Bertz CT molecular complexity index is 320. The molecule has 0 bridgehead atoms. The van der Waals surface area contributed by atoms with Crippen LogP contribution in [0.5, 0.6) is 0 Å². The van der Waals surface area contributed by atoms with E-state index in [1.54, 1.807) is 0 Å². The highest BCUT2D eigenvalue weighted by Gasteiger charge is 2.01. The van der Waals surface area contributed by atoms with Crippen LogP contribution in [0.2, 0.25) is 0 Å². The normalized spacial score (nSPS) is 12.4. The molecule has 17 heavy (non-hydrogen) atoms. The van der Waals surface area contributed by atoms with Gasteiger partial charge in [0.05, 0.1) is 19.3 Å². The van der Waals surface area contributed by atoms with Crippen LogP contribution in [0.1, 0.15) is 13.8 Å². The van der Waals surface area contributed by atoms with E-state index in [0.29, 0.717) is 13.2 Å². The van der Waals surface area contributed by atoms with Crippen molar-refractivity contribution in [2.24, 2.45) is 0 Å². The van der Waals surface area contributed by atoms with Gasteiger partial charge in [-0.25, -0.2) is 0 Å². The van der Waals surface area contributed by atoms with Crippen LogP contribution in [0.3, 0.4) is 0 Å². The van der Waals surface area contributed by atoms with Crippen LogP contribution in [-0.2, 0) is 9.47 Å². The molecule has 1 N–H and O–H groups in total. The minimum atomic E-state index is 0.152. The number of rotatable bonds is 8. The SMILES string of the molecule is CCOCC(C)OCCNc1cccc(Br)c1. The molecule has 0 fully saturated rings. The van der Waals surface area contributed by atoms with Gasteiger partial charge in [0.2, 0.25) is 0 Å². The fraction of sp³-hybridized carbons (Fsp3) is 0.538. The van der Waals surface area contributed by atoms with E-state index in [-0.39, 0.29) is 6.10 Å². The van der Waals surface area contributed by atoms with Gasteiger partial charge in [-0.2, -0.15) is 0 Å². The minimum Gasteiger partial charge on any atom is -0.383 e. The maximum Gasteiger partial charge on any atom is 0.0781 e. The van der Waals surface area contributed by atoms with E-state index in [9.17, 15) is 0 Å². The first-order valence-corrected chi connectivity index (χ1v) is 6.70. The zero-order valence-corrected chi connectivity index (χ0v) is 12.0. The number of hydrogen-bond acceptors (Lipinski definition) is 3. The average Bonchev–Trinajstić information content (AvgIpc) is 2.32. The van der Waals surface area contributed by atoms with Crippen molar-refractivity contribution in [3.63, 3.8) is 0 Å². The molecule has 1 aromatic rings. The zero-order valence-electron chi connectivity index (χ0n) is 10.4. The summed E-state index contributed by atoms with van der Waals surface area (Å²) in [6.07, 6.45) is 0.152. The molecule has 1 aromatic carbocycles. The molecule has 96 valence electrons. The van der Waals surface area contributed by atoms with E-state index in [2.05, 4.69) is 21.2 Å². The Labute approximate surface area is 112 Å². The van der Waals surface area contributed by atoms with Gasteiger partial charge in [-0.3, -0.25) is 0 Å². The Morgan fingerprint density at radius 2 is 2.24 bits per heavy atom. The van der Waals surface area contributed by atoms with Gasteiger partial charge in [0.15, 0.2) is 0 Å². The Kier molecular flexibility index (Phi) is 7.24. The predicted octanol–water partition coefficient (Wildman–Crippen LogP) is 3.30. The summed E-state index contributed by atoms with van der Waals surface area (Å²) in [5.74, 6) is 0. The molecule has 1 atom stereocenters. The summed E-state index contributed by atoms with van der Waals surface area (Å²) in [6, 6.07) is 8.09. The predicted molar refractivity (Wildman–Crippen MR) is 74.5 cm³/mol. The maximum atomic E-state index is 5.60. The van der Waals surface area contributed by atoms with Crippen LogP contribution >= 0.6 is 15.9 Å². The fourth-order valence-corrected chi connectivity index (χ4v) is 1.79. The van der Waals surface area contributed by atoms with Crippen LogP contribution in [0.15, 0.2) is 28.7 Å². The van der Waals surface area contributed by atoms with Gasteiger partial charge in [0, 0.05) is 23.3 Å².